The smallest absolute Gasteiger partial charge is 0.244 e. The first-order valence-electron chi connectivity index (χ1n) is 7.43. The Kier molecular flexibility index (Phi) is 6.53. The van der Waals surface area contributed by atoms with Crippen LogP contribution >= 0.6 is 0 Å². The van der Waals surface area contributed by atoms with Crippen LogP contribution in [0.3, 0.4) is 0 Å². The van der Waals surface area contributed by atoms with Crippen LogP contribution < -0.4 is 0 Å². The second-order valence-corrected chi connectivity index (χ2v) is 6.91. The SMILES string of the molecule is O=S(=O)(c1ccccc1C#CCO)N(CCO)Cc1ccccc1. The van der Waals surface area contributed by atoms with E-state index in [2.05, 4.69) is 11.8 Å². The second kappa shape index (κ2) is 8.62. The highest BCUT2D eigenvalue weighted by atomic mass is 32.2. The largest absolute Gasteiger partial charge is 0.395 e. The molecule has 0 radical (unpaired) electrons. The maximum atomic E-state index is 13.0. The van der Waals surface area contributed by atoms with Gasteiger partial charge in [-0.05, 0) is 17.7 Å². The zero-order chi connectivity index (χ0) is 17.4. The number of benzene rings is 2. The fourth-order valence-corrected chi connectivity index (χ4v) is 3.82. The lowest BCUT2D eigenvalue weighted by molar-refractivity contribution is 0.251. The van der Waals surface area contributed by atoms with Gasteiger partial charge in [0.1, 0.15) is 6.61 Å². The molecule has 0 atom stereocenters. The van der Waals surface area contributed by atoms with E-state index in [-0.39, 0.29) is 31.2 Å². The van der Waals surface area contributed by atoms with Crippen LogP contribution in [0.1, 0.15) is 11.1 Å². The molecule has 2 N–H and O–H groups in total. The third-order valence-electron chi connectivity index (χ3n) is 3.36. The Morgan fingerprint density at radius 1 is 0.958 bits per heavy atom. The molecule has 0 aromatic heterocycles. The molecular formula is C18H19NO4S. The van der Waals surface area contributed by atoms with Crippen molar-refractivity contribution in [1.29, 1.82) is 0 Å². The van der Waals surface area contributed by atoms with Gasteiger partial charge in [0.2, 0.25) is 10.0 Å². The fraction of sp³-hybridized carbons (Fsp3) is 0.222. The Labute approximate surface area is 142 Å². The minimum atomic E-state index is -3.83. The summed E-state index contributed by atoms with van der Waals surface area (Å²) >= 11 is 0. The van der Waals surface area contributed by atoms with Crippen LogP contribution in [-0.4, -0.2) is 42.7 Å². The number of nitrogens with zero attached hydrogens (tertiary/aromatic N) is 1. The van der Waals surface area contributed by atoms with Gasteiger partial charge in [-0.3, -0.25) is 0 Å². The van der Waals surface area contributed by atoms with E-state index in [1.807, 2.05) is 30.3 Å². The highest BCUT2D eigenvalue weighted by molar-refractivity contribution is 7.89. The van der Waals surface area contributed by atoms with Crippen molar-refractivity contribution in [2.75, 3.05) is 19.8 Å². The van der Waals surface area contributed by atoms with E-state index < -0.39 is 10.0 Å². The quantitative estimate of drug-likeness (QED) is 0.772. The molecule has 0 bridgehead atoms. The molecule has 2 rings (SSSR count). The van der Waals surface area contributed by atoms with E-state index in [9.17, 15) is 13.5 Å². The number of aliphatic hydroxyl groups is 2. The van der Waals surface area contributed by atoms with Crippen molar-refractivity contribution in [3.63, 3.8) is 0 Å². The Bertz CT molecular complexity index is 823. The van der Waals surface area contributed by atoms with E-state index in [1.165, 1.54) is 10.4 Å². The lowest BCUT2D eigenvalue weighted by atomic mass is 10.2. The third kappa shape index (κ3) is 4.43. The normalized spacial score (nSPS) is 11.1. The zero-order valence-corrected chi connectivity index (χ0v) is 13.9. The van der Waals surface area contributed by atoms with E-state index in [0.29, 0.717) is 5.56 Å². The first-order valence-corrected chi connectivity index (χ1v) is 8.87. The van der Waals surface area contributed by atoms with Gasteiger partial charge in [0.15, 0.2) is 0 Å². The van der Waals surface area contributed by atoms with Crippen molar-refractivity contribution in [2.45, 2.75) is 11.4 Å². The minimum absolute atomic E-state index is 0.0149. The second-order valence-electron chi connectivity index (χ2n) is 5.00. The molecule has 5 nitrogen and oxygen atoms in total. The molecule has 0 aliphatic heterocycles. The number of sulfonamides is 1. The van der Waals surface area contributed by atoms with Gasteiger partial charge in [-0.2, -0.15) is 4.31 Å². The molecule has 0 saturated heterocycles. The van der Waals surface area contributed by atoms with Crippen LogP contribution in [0.4, 0.5) is 0 Å². The molecule has 0 fully saturated rings. The van der Waals surface area contributed by atoms with Crippen molar-refractivity contribution in [3.8, 4) is 11.8 Å². The zero-order valence-electron chi connectivity index (χ0n) is 13.1. The van der Waals surface area contributed by atoms with Crippen molar-refractivity contribution < 1.29 is 18.6 Å². The number of aliphatic hydroxyl groups excluding tert-OH is 2. The first kappa shape index (κ1) is 18.2. The predicted octanol–water partition coefficient (Wildman–Crippen LogP) is 1.21. The Balaban J connectivity index is 2.42. The predicted molar refractivity (Wildman–Crippen MR) is 91.5 cm³/mol. The highest BCUT2D eigenvalue weighted by Gasteiger charge is 2.26. The van der Waals surface area contributed by atoms with Crippen molar-refractivity contribution >= 4 is 10.0 Å². The van der Waals surface area contributed by atoms with Gasteiger partial charge < -0.3 is 10.2 Å². The van der Waals surface area contributed by atoms with Crippen molar-refractivity contribution in [1.82, 2.24) is 4.31 Å². The molecule has 24 heavy (non-hydrogen) atoms. The van der Waals surface area contributed by atoms with E-state index >= 15 is 0 Å². The first-order chi connectivity index (χ1) is 11.6. The lowest BCUT2D eigenvalue weighted by Crippen LogP contribution is -2.33. The van der Waals surface area contributed by atoms with E-state index in [4.69, 9.17) is 5.11 Å². The number of rotatable bonds is 6. The summed E-state index contributed by atoms with van der Waals surface area (Å²) in [4.78, 5) is 0.0651. The molecule has 0 aliphatic carbocycles. The summed E-state index contributed by atoms with van der Waals surface area (Å²) in [5.74, 6) is 5.13. The summed E-state index contributed by atoms with van der Waals surface area (Å²) in [5, 5.41) is 18.1. The van der Waals surface area contributed by atoms with Crippen LogP contribution in [-0.2, 0) is 16.6 Å². The lowest BCUT2D eigenvalue weighted by Gasteiger charge is -2.22. The maximum absolute atomic E-state index is 13.0. The average molecular weight is 345 g/mol. The Morgan fingerprint density at radius 3 is 2.29 bits per heavy atom. The van der Waals surface area contributed by atoms with Crippen LogP contribution in [0.2, 0.25) is 0 Å². The molecule has 0 unspecified atom stereocenters. The Hall–Kier alpha value is -2.17. The molecular weight excluding hydrogens is 326 g/mol. The molecule has 0 amide bonds. The molecule has 0 heterocycles. The topological polar surface area (TPSA) is 77.8 Å². The summed E-state index contributed by atoms with van der Waals surface area (Å²) in [5.41, 5.74) is 1.15. The fourth-order valence-electron chi connectivity index (χ4n) is 2.25. The average Bonchev–Trinajstić information content (AvgIpc) is 2.60. The van der Waals surface area contributed by atoms with Gasteiger partial charge in [0, 0.05) is 18.7 Å². The Morgan fingerprint density at radius 2 is 1.62 bits per heavy atom. The van der Waals surface area contributed by atoms with Gasteiger partial charge in [0.25, 0.3) is 0 Å². The monoisotopic (exact) mass is 345 g/mol. The van der Waals surface area contributed by atoms with Crippen LogP contribution in [0, 0.1) is 11.8 Å². The molecule has 6 heteroatoms. The standard InChI is InChI=1S/C18H19NO4S/c20-13-6-10-17-9-4-5-11-18(17)24(22,23)19(12-14-21)15-16-7-2-1-3-8-16/h1-5,7-9,11,20-21H,12-15H2. The summed E-state index contributed by atoms with van der Waals surface area (Å²) in [6.07, 6.45) is 0. The molecule has 0 spiro atoms. The number of hydrogen-bond acceptors (Lipinski definition) is 4. The molecule has 2 aromatic rings. The highest BCUT2D eigenvalue weighted by Crippen LogP contribution is 2.21. The summed E-state index contributed by atoms with van der Waals surface area (Å²) in [6, 6.07) is 15.6. The third-order valence-corrected chi connectivity index (χ3v) is 5.26. The summed E-state index contributed by atoms with van der Waals surface area (Å²) in [7, 11) is -3.83. The molecule has 0 aliphatic rings. The molecule has 2 aromatic carbocycles. The summed E-state index contributed by atoms with van der Waals surface area (Å²) in [6.45, 7) is -0.486. The summed E-state index contributed by atoms with van der Waals surface area (Å²) < 4.78 is 27.2. The minimum Gasteiger partial charge on any atom is -0.395 e. The van der Waals surface area contributed by atoms with Crippen LogP contribution in [0.15, 0.2) is 59.5 Å². The van der Waals surface area contributed by atoms with Gasteiger partial charge in [-0.1, -0.05) is 54.3 Å². The van der Waals surface area contributed by atoms with Crippen LogP contribution in [0.5, 0.6) is 0 Å². The van der Waals surface area contributed by atoms with E-state index in [1.54, 1.807) is 18.2 Å². The van der Waals surface area contributed by atoms with Crippen LogP contribution in [0.25, 0.3) is 0 Å². The number of hydrogen-bond donors (Lipinski definition) is 2. The van der Waals surface area contributed by atoms with Crippen molar-refractivity contribution in [2.24, 2.45) is 0 Å². The molecule has 0 saturated carbocycles. The van der Waals surface area contributed by atoms with Gasteiger partial charge in [0.05, 0.1) is 11.5 Å². The van der Waals surface area contributed by atoms with Gasteiger partial charge in [-0.25, -0.2) is 8.42 Å². The maximum Gasteiger partial charge on any atom is 0.244 e. The van der Waals surface area contributed by atoms with E-state index in [0.717, 1.165) is 5.56 Å². The molecule has 126 valence electrons. The van der Waals surface area contributed by atoms with Gasteiger partial charge in [-0.15, -0.1) is 0 Å². The van der Waals surface area contributed by atoms with Gasteiger partial charge >= 0.3 is 0 Å². The van der Waals surface area contributed by atoms with Crippen molar-refractivity contribution in [3.05, 3.63) is 65.7 Å².